The fourth-order valence-electron chi connectivity index (χ4n) is 2.30. The van der Waals surface area contributed by atoms with Gasteiger partial charge >= 0.3 is 0 Å². The van der Waals surface area contributed by atoms with E-state index in [1.54, 1.807) is 0 Å². The fourth-order valence-corrected chi connectivity index (χ4v) is 2.30. The van der Waals surface area contributed by atoms with Crippen molar-refractivity contribution in [1.29, 1.82) is 0 Å². The predicted octanol–water partition coefficient (Wildman–Crippen LogP) is 1.44. The molecule has 0 unspecified atom stereocenters. The van der Waals surface area contributed by atoms with Crippen LogP contribution in [0.15, 0.2) is 31.4 Å². The van der Waals surface area contributed by atoms with Gasteiger partial charge in [0.2, 0.25) is 6.33 Å². The summed E-state index contributed by atoms with van der Waals surface area (Å²) >= 11 is 0. The van der Waals surface area contributed by atoms with Crippen LogP contribution in [0.2, 0.25) is 0 Å². The number of aliphatic hydroxyl groups excluding tert-OH is 1. The Morgan fingerprint density at radius 1 is 1.47 bits per heavy atom. The van der Waals surface area contributed by atoms with Gasteiger partial charge in [-0.3, -0.25) is 0 Å². The second-order valence-electron chi connectivity index (χ2n) is 4.27. The van der Waals surface area contributed by atoms with Crippen LogP contribution in [0.1, 0.15) is 31.7 Å². The summed E-state index contributed by atoms with van der Waals surface area (Å²) in [6, 6.07) is 0.268. The highest BCUT2D eigenvalue weighted by Gasteiger charge is 2.28. The molecule has 3 nitrogen and oxygen atoms in total. The van der Waals surface area contributed by atoms with E-state index in [0.717, 1.165) is 25.8 Å². The molecular weight excluding hydrogens is 188 g/mol. The molecular formula is C12H19N2O+. The molecule has 0 aromatic carbocycles. The third-order valence-corrected chi connectivity index (χ3v) is 3.13. The summed E-state index contributed by atoms with van der Waals surface area (Å²) in [7, 11) is 0. The molecule has 0 amide bonds. The molecule has 0 bridgehead atoms. The quantitative estimate of drug-likeness (QED) is 0.589. The average molecular weight is 207 g/mol. The molecule has 1 aliphatic carbocycles. The van der Waals surface area contributed by atoms with E-state index in [1.165, 1.54) is 6.42 Å². The Balaban J connectivity index is 2.09. The van der Waals surface area contributed by atoms with E-state index in [1.807, 2.05) is 18.5 Å². The zero-order chi connectivity index (χ0) is 10.7. The van der Waals surface area contributed by atoms with Crippen LogP contribution in [0.5, 0.6) is 0 Å². The molecule has 2 rings (SSSR count). The Hall–Kier alpha value is -1.09. The summed E-state index contributed by atoms with van der Waals surface area (Å²) < 4.78 is 4.21. The summed E-state index contributed by atoms with van der Waals surface area (Å²) in [5, 5.41) is 9.91. The standard InChI is InChI=1S/C12H19N2O/c1-2-7-13-8-9-14(10-13)11-5-3-4-6-12(11)15/h2,8-12,15H,1,3-7H2/q+1/t11-,12-/m0/s1. The molecule has 1 aliphatic rings. The van der Waals surface area contributed by atoms with E-state index in [0.29, 0.717) is 0 Å². The number of aliphatic hydroxyl groups is 1. The molecule has 82 valence electrons. The van der Waals surface area contributed by atoms with Crippen molar-refractivity contribution >= 4 is 0 Å². The van der Waals surface area contributed by atoms with Crippen LogP contribution in [0.25, 0.3) is 0 Å². The van der Waals surface area contributed by atoms with Crippen molar-refractivity contribution in [2.24, 2.45) is 0 Å². The number of allylic oxidation sites excluding steroid dienone is 1. The minimum absolute atomic E-state index is 0.177. The molecule has 0 saturated heterocycles. The largest absolute Gasteiger partial charge is 0.389 e. The zero-order valence-electron chi connectivity index (χ0n) is 9.05. The topological polar surface area (TPSA) is 29.0 Å². The van der Waals surface area contributed by atoms with Gasteiger partial charge in [-0.25, -0.2) is 9.13 Å². The number of rotatable bonds is 3. The number of hydrogen-bond acceptors (Lipinski definition) is 1. The summed E-state index contributed by atoms with van der Waals surface area (Å²) in [6.07, 6.45) is 12.2. The second kappa shape index (κ2) is 4.62. The maximum atomic E-state index is 9.91. The Labute approximate surface area is 90.7 Å². The smallest absolute Gasteiger partial charge is 0.244 e. The summed E-state index contributed by atoms with van der Waals surface area (Å²) in [6.45, 7) is 4.54. The van der Waals surface area contributed by atoms with Crippen LogP contribution in [-0.2, 0) is 6.54 Å². The van der Waals surface area contributed by atoms with E-state index < -0.39 is 0 Å². The summed E-state index contributed by atoms with van der Waals surface area (Å²) in [4.78, 5) is 0. The van der Waals surface area contributed by atoms with Gasteiger partial charge in [0.1, 0.15) is 25.0 Å². The Bertz CT molecular complexity index is 332. The Morgan fingerprint density at radius 3 is 3.00 bits per heavy atom. The molecule has 1 fully saturated rings. The van der Waals surface area contributed by atoms with Crippen LogP contribution in [0.4, 0.5) is 0 Å². The van der Waals surface area contributed by atoms with Gasteiger partial charge < -0.3 is 5.11 Å². The van der Waals surface area contributed by atoms with Crippen LogP contribution < -0.4 is 4.57 Å². The van der Waals surface area contributed by atoms with Crippen molar-refractivity contribution in [3.63, 3.8) is 0 Å². The van der Waals surface area contributed by atoms with Crippen LogP contribution >= 0.6 is 0 Å². The lowest BCUT2D eigenvalue weighted by Gasteiger charge is -2.24. The SMILES string of the molecule is C=CC[n+]1ccn([C@H]2CCCC[C@@H]2O)c1. The van der Waals surface area contributed by atoms with Crippen molar-refractivity contribution in [3.8, 4) is 0 Å². The molecule has 1 aromatic rings. The fraction of sp³-hybridized carbons (Fsp3) is 0.583. The van der Waals surface area contributed by atoms with E-state index in [4.69, 9.17) is 0 Å². The van der Waals surface area contributed by atoms with E-state index in [2.05, 4.69) is 22.0 Å². The number of imidazole rings is 1. The molecule has 1 heterocycles. The van der Waals surface area contributed by atoms with Crippen molar-refractivity contribution in [1.82, 2.24) is 4.57 Å². The Morgan fingerprint density at radius 2 is 2.27 bits per heavy atom. The third-order valence-electron chi connectivity index (χ3n) is 3.13. The third kappa shape index (κ3) is 2.29. The van der Waals surface area contributed by atoms with Gasteiger partial charge in [-0.2, -0.15) is 0 Å². The normalized spacial score (nSPS) is 26.5. The average Bonchev–Trinajstić information content (AvgIpc) is 2.68. The predicted molar refractivity (Wildman–Crippen MR) is 58.3 cm³/mol. The second-order valence-corrected chi connectivity index (χ2v) is 4.27. The first-order chi connectivity index (χ1) is 7.31. The molecule has 1 saturated carbocycles. The van der Waals surface area contributed by atoms with Gasteiger partial charge in [0, 0.05) is 0 Å². The lowest BCUT2D eigenvalue weighted by atomic mass is 9.92. The maximum absolute atomic E-state index is 9.91. The lowest BCUT2D eigenvalue weighted by Crippen LogP contribution is -2.32. The summed E-state index contributed by atoms with van der Waals surface area (Å²) in [5.74, 6) is 0. The van der Waals surface area contributed by atoms with Gasteiger partial charge in [-0.1, -0.05) is 19.1 Å². The van der Waals surface area contributed by atoms with E-state index in [9.17, 15) is 5.11 Å². The van der Waals surface area contributed by atoms with Gasteiger partial charge in [0.05, 0.1) is 6.10 Å². The molecule has 1 aromatic heterocycles. The first-order valence-electron chi connectivity index (χ1n) is 5.67. The molecule has 0 spiro atoms. The van der Waals surface area contributed by atoms with Gasteiger partial charge in [0.15, 0.2) is 0 Å². The van der Waals surface area contributed by atoms with Gasteiger partial charge in [-0.05, 0) is 19.3 Å². The van der Waals surface area contributed by atoms with E-state index in [-0.39, 0.29) is 12.1 Å². The molecule has 1 N–H and O–H groups in total. The maximum Gasteiger partial charge on any atom is 0.244 e. The van der Waals surface area contributed by atoms with Crippen molar-refractivity contribution in [2.45, 2.75) is 44.4 Å². The minimum atomic E-state index is -0.177. The van der Waals surface area contributed by atoms with Crippen molar-refractivity contribution < 1.29 is 9.67 Å². The number of hydrogen-bond donors (Lipinski definition) is 1. The van der Waals surface area contributed by atoms with Crippen LogP contribution in [0, 0.1) is 0 Å². The molecule has 0 aliphatic heterocycles. The monoisotopic (exact) mass is 207 g/mol. The number of aromatic nitrogens is 2. The highest BCUT2D eigenvalue weighted by atomic mass is 16.3. The molecule has 15 heavy (non-hydrogen) atoms. The van der Waals surface area contributed by atoms with Gasteiger partial charge in [0.25, 0.3) is 0 Å². The summed E-state index contributed by atoms with van der Waals surface area (Å²) in [5.41, 5.74) is 0. The highest BCUT2D eigenvalue weighted by molar-refractivity contribution is 4.83. The molecule has 3 heteroatoms. The highest BCUT2D eigenvalue weighted by Crippen LogP contribution is 2.27. The molecule has 2 atom stereocenters. The van der Waals surface area contributed by atoms with E-state index >= 15 is 0 Å². The lowest BCUT2D eigenvalue weighted by molar-refractivity contribution is -0.686. The first kappa shape index (κ1) is 10.4. The molecule has 0 radical (unpaired) electrons. The van der Waals surface area contributed by atoms with Crippen LogP contribution in [-0.4, -0.2) is 15.8 Å². The first-order valence-corrected chi connectivity index (χ1v) is 5.67. The van der Waals surface area contributed by atoms with Crippen molar-refractivity contribution in [3.05, 3.63) is 31.4 Å². The van der Waals surface area contributed by atoms with Gasteiger partial charge in [-0.15, -0.1) is 0 Å². The minimum Gasteiger partial charge on any atom is -0.389 e. The van der Waals surface area contributed by atoms with Crippen LogP contribution in [0.3, 0.4) is 0 Å². The zero-order valence-corrected chi connectivity index (χ0v) is 9.05. The van der Waals surface area contributed by atoms with Crippen molar-refractivity contribution in [2.75, 3.05) is 0 Å². The Kier molecular flexibility index (Phi) is 3.21. The number of nitrogens with zero attached hydrogens (tertiary/aromatic N) is 2.